The number of nitrogens with one attached hydrogen (secondary N) is 1. The molecule has 0 saturated heterocycles. The summed E-state index contributed by atoms with van der Waals surface area (Å²) in [6.07, 6.45) is 0.823. The number of rotatable bonds is 4. The van der Waals surface area contributed by atoms with Crippen molar-refractivity contribution >= 4 is 5.78 Å². The second kappa shape index (κ2) is 4.91. The van der Waals surface area contributed by atoms with Crippen LogP contribution < -0.4 is 5.32 Å². The normalized spacial score (nSPS) is 12.5. The number of likely N-dealkylation sites (N-methyl/N-ethyl adjacent to an activating group) is 1. The molecule has 0 aliphatic heterocycles. The molecule has 0 aromatic heterocycles. The Balaban J connectivity index is 2.88. The van der Waals surface area contributed by atoms with Gasteiger partial charge in [-0.2, -0.15) is 0 Å². The molecule has 0 amide bonds. The summed E-state index contributed by atoms with van der Waals surface area (Å²) in [5.74, 6) is 0.179. The van der Waals surface area contributed by atoms with Gasteiger partial charge in [0, 0.05) is 5.56 Å². The fourth-order valence-electron chi connectivity index (χ4n) is 1.52. The van der Waals surface area contributed by atoms with Gasteiger partial charge < -0.3 is 5.32 Å². The van der Waals surface area contributed by atoms with Gasteiger partial charge in [0.25, 0.3) is 0 Å². The van der Waals surface area contributed by atoms with E-state index in [1.165, 1.54) is 0 Å². The quantitative estimate of drug-likeness (QED) is 0.739. The summed E-state index contributed by atoms with van der Waals surface area (Å²) >= 11 is 0. The number of Topliss-reactive ketones (excluding diaryl/α,β-unsaturated/α-hetero) is 1. The van der Waals surface area contributed by atoms with E-state index in [9.17, 15) is 4.79 Å². The van der Waals surface area contributed by atoms with Crippen LogP contribution in [0.2, 0.25) is 0 Å². The fourth-order valence-corrected chi connectivity index (χ4v) is 1.52. The first-order valence-electron chi connectivity index (χ1n) is 4.97. The molecule has 0 saturated carbocycles. The van der Waals surface area contributed by atoms with E-state index in [1.54, 1.807) is 0 Å². The van der Waals surface area contributed by atoms with Crippen LogP contribution in [0.5, 0.6) is 0 Å². The Morgan fingerprint density at radius 3 is 2.71 bits per heavy atom. The highest BCUT2D eigenvalue weighted by molar-refractivity contribution is 6.00. The highest BCUT2D eigenvalue weighted by Gasteiger charge is 2.15. The number of carbonyl (C=O) groups excluding carboxylic acids is 1. The zero-order valence-electron chi connectivity index (χ0n) is 9.00. The Morgan fingerprint density at radius 2 is 2.21 bits per heavy atom. The van der Waals surface area contributed by atoms with Crippen molar-refractivity contribution in [2.45, 2.75) is 26.3 Å². The Kier molecular flexibility index (Phi) is 3.84. The van der Waals surface area contributed by atoms with E-state index in [1.807, 2.05) is 45.2 Å². The number of hydrogen-bond acceptors (Lipinski definition) is 2. The third kappa shape index (κ3) is 2.42. The third-order valence-electron chi connectivity index (χ3n) is 2.38. The molecule has 0 aliphatic carbocycles. The van der Waals surface area contributed by atoms with Crippen molar-refractivity contribution in [3.63, 3.8) is 0 Å². The molecule has 0 radical (unpaired) electrons. The largest absolute Gasteiger partial charge is 0.310 e. The van der Waals surface area contributed by atoms with E-state index < -0.39 is 0 Å². The molecular formula is C12H17NO. The number of benzene rings is 1. The van der Waals surface area contributed by atoms with Gasteiger partial charge in [0.05, 0.1) is 6.04 Å². The van der Waals surface area contributed by atoms with Gasteiger partial charge in [-0.05, 0) is 26.5 Å². The van der Waals surface area contributed by atoms with Crippen LogP contribution >= 0.6 is 0 Å². The van der Waals surface area contributed by atoms with Gasteiger partial charge in [0.15, 0.2) is 5.78 Å². The molecule has 14 heavy (non-hydrogen) atoms. The highest BCUT2D eigenvalue weighted by Crippen LogP contribution is 2.08. The van der Waals surface area contributed by atoms with Crippen molar-refractivity contribution in [3.05, 3.63) is 35.4 Å². The number of ketones is 1. The minimum absolute atomic E-state index is 0.0585. The predicted octanol–water partition coefficient (Wildman–Crippen LogP) is 2.18. The molecule has 0 heterocycles. The zero-order valence-corrected chi connectivity index (χ0v) is 9.00. The molecule has 2 heteroatoms. The fraction of sp³-hybridized carbons (Fsp3) is 0.417. The van der Waals surface area contributed by atoms with Crippen LogP contribution in [0.1, 0.15) is 29.3 Å². The first-order chi connectivity index (χ1) is 6.69. The lowest BCUT2D eigenvalue weighted by molar-refractivity contribution is 0.0945. The average molecular weight is 191 g/mol. The first-order valence-corrected chi connectivity index (χ1v) is 4.97. The molecule has 1 unspecified atom stereocenters. The lowest BCUT2D eigenvalue weighted by Crippen LogP contribution is -2.33. The molecule has 0 spiro atoms. The first kappa shape index (κ1) is 10.9. The van der Waals surface area contributed by atoms with E-state index in [2.05, 4.69) is 5.32 Å². The SMILES string of the molecule is CCC(NC)C(=O)c1cccc(C)c1. The smallest absolute Gasteiger partial charge is 0.179 e. The topological polar surface area (TPSA) is 29.1 Å². The van der Waals surface area contributed by atoms with Crippen LogP contribution in [-0.4, -0.2) is 18.9 Å². The molecule has 1 aromatic carbocycles. The lowest BCUT2D eigenvalue weighted by Gasteiger charge is -2.12. The molecule has 2 nitrogen and oxygen atoms in total. The van der Waals surface area contributed by atoms with Crippen molar-refractivity contribution < 1.29 is 4.79 Å². The Hall–Kier alpha value is -1.15. The Bertz CT molecular complexity index is 316. The van der Waals surface area contributed by atoms with Gasteiger partial charge in [0.2, 0.25) is 0 Å². The second-order valence-electron chi connectivity index (χ2n) is 3.48. The van der Waals surface area contributed by atoms with Crippen molar-refractivity contribution in [3.8, 4) is 0 Å². The van der Waals surface area contributed by atoms with E-state index in [-0.39, 0.29) is 11.8 Å². The molecule has 76 valence electrons. The summed E-state index contributed by atoms with van der Waals surface area (Å²) in [5.41, 5.74) is 1.92. The van der Waals surface area contributed by atoms with E-state index in [0.29, 0.717) is 0 Å². The highest BCUT2D eigenvalue weighted by atomic mass is 16.1. The van der Waals surface area contributed by atoms with E-state index in [0.717, 1.165) is 17.5 Å². The number of hydrogen-bond donors (Lipinski definition) is 1. The number of carbonyl (C=O) groups is 1. The summed E-state index contributed by atoms with van der Waals surface area (Å²) in [4.78, 5) is 11.9. The maximum Gasteiger partial charge on any atom is 0.179 e. The van der Waals surface area contributed by atoms with Gasteiger partial charge in [-0.3, -0.25) is 4.79 Å². The molecule has 0 aliphatic rings. The molecular weight excluding hydrogens is 174 g/mol. The van der Waals surface area contributed by atoms with Crippen molar-refractivity contribution in [1.29, 1.82) is 0 Å². The summed E-state index contributed by atoms with van der Waals surface area (Å²) < 4.78 is 0. The van der Waals surface area contributed by atoms with Crippen LogP contribution in [-0.2, 0) is 0 Å². The minimum atomic E-state index is -0.0585. The zero-order chi connectivity index (χ0) is 10.6. The molecule has 1 rings (SSSR count). The third-order valence-corrected chi connectivity index (χ3v) is 2.38. The van der Waals surface area contributed by atoms with Crippen LogP contribution in [0.3, 0.4) is 0 Å². The maximum absolute atomic E-state index is 11.9. The summed E-state index contributed by atoms with van der Waals surface area (Å²) in [6, 6.07) is 7.66. The van der Waals surface area contributed by atoms with Crippen LogP contribution in [0.4, 0.5) is 0 Å². The van der Waals surface area contributed by atoms with Crippen molar-refractivity contribution in [2.24, 2.45) is 0 Å². The van der Waals surface area contributed by atoms with Gasteiger partial charge >= 0.3 is 0 Å². The van der Waals surface area contributed by atoms with Crippen LogP contribution in [0.25, 0.3) is 0 Å². The van der Waals surface area contributed by atoms with Crippen LogP contribution in [0, 0.1) is 6.92 Å². The Morgan fingerprint density at radius 1 is 1.50 bits per heavy atom. The van der Waals surface area contributed by atoms with Crippen LogP contribution in [0.15, 0.2) is 24.3 Å². The molecule has 1 aromatic rings. The van der Waals surface area contributed by atoms with Gasteiger partial charge in [-0.15, -0.1) is 0 Å². The summed E-state index contributed by atoms with van der Waals surface area (Å²) in [6.45, 7) is 4.01. The second-order valence-corrected chi connectivity index (χ2v) is 3.48. The van der Waals surface area contributed by atoms with Crippen molar-refractivity contribution in [1.82, 2.24) is 5.32 Å². The van der Waals surface area contributed by atoms with Crippen molar-refractivity contribution in [2.75, 3.05) is 7.05 Å². The van der Waals surface area contributed by atoms with E-state index >= 15 is 0 Å². The molecule has 1 N–H and O–H groups in total. The minimum Gasteiger partial charge on any atom is -0.310 e. The molecule has 0 bridgehead atoms. The monoisotopic (exact) mass is 191 g/mol. The molecule has 1 atom stereocenters. The standard InChI is InChI=1S/C12H17NO/c1-4-11(13-3)12(14)10-7-5-6-9(2)8-10/h5-8,11,13H,4H2,1-3H3. The predicted molar refractivity (Wildman–Crippen MR) is 58.6 cm³/mol. The molecule has 0 fully saturated rings. The average Bonchev–Trinajstić information content (AvgIpc) is 2.19. The lowest BCUT2D eigenvalue weighted by atomic mass is 10.0. The maximum atomic E-state index is 11.9. The number of aryl methyl sites for hydroxylation is 1. The van der Waals surface area contributed by atoms with Gasteiger partial charge in [-0.25, -0.2) is 0 Å². The summed E-state index contributed by atoms with van der Waals surface area (Å²) in [5, 5.41) is 3.02. The Labute approximate surface area is 85.3 Å². The van der Waals surface area contributed by atoms with Gasteiger partial charge in [0.1, 0.15) is 0 Å². The van der Waals surface area contributed by atoms with Gasteiger partial charge in [-0.1, -0.05) is 30.7 Å². The summed E-state index contributed by atoms with van der Waals surface area (Å²) in [7, 11) is 1.82. The van der Waals surface area contributed by atoms with E-state index in [4.69, 9.17) is 0 Å².